The third-order valence-corrected chi connectivity index (χ3v) is 3.59. The summed E-state index contributed by atoms with van der Waals surface area (Å²) in [5, 5.41) is 6.97. The Morgan fingerprint density at radius 3 is 2.67 bits per heavy atom. The molecule has 0 spiro atoms. The predicted octanol–water partition coefficient (Wildman–Crippen LogP) is 2.19. The molecule has 0 fully saturated rings. The first-order valence-electron chi connectivity index (χ1n) is 6.72. The second kappa shape index (κ2) is 6.49. The summed E-state index contributed by atoms with van der Waals surface area (Å²) in [6.07, 6.45) is 2.26. The van der Waals surface area contributed by atoms with Crippen LogP contribution in [0.1, 0.15) is 30.4 Å². The number of hydrogen-bond acceptors (Lipinski definition) is 3. The molecule has 1 aromatic carbocycles. The Morgan fingerprint density at radius 2 is 2.10 bits per heavy atom. The summed E-state index contributed by atoms with van der Waals surface area (Å²) < 4.78 is 1.56. The Labute approximate surface area is 129 Å². The zero-order valence-corrected chi connectivity index (χ0v) is 12.9. The van der Waals surface area contributed by atoms with Gasteiger partial charge in [-0.25, -0.2) is 0 Å². The molecule has 1 heterocycles. The Hall–Kier alpha value is -2.21. The van der Waals surface area contributed by atoms with E-state index in [0.29, 0.717) is 17.8 Å². The Morgan fingerprint density at radius 1 is 1.43 bits per heavy atom. The second-order valence-corrected chi connectivity index (χ2v) is 5.20. The number of carbonyl (C=O) groups is 1. The molecule has 5 nitrogen and oxygen atoms in total. The summed E-state index contributed by atoms with van der Waals surface area (Å²) in [5.74, 6) is 0.215. The van der Waals surface area contributed by atoms with Crippen molar-refractivity contribution in [2.24, 2.45) is 12.8 Å². The molecule has 0 aliphatic rings. The quantitative estimate of drug-likeness (QED) is 0.830. The van der Waals surface area contributed by atoms with E-state index in [2.05, 4.69) is 10.4 Å². The van der Waals surface area contributed by atoms with E-state index in [1.165, 1.54) is 0 Å². The molecule has 2 aromatic rings. The van der Waals surface area contributed by atoms with Crippen molar-refractivity contribution in [2.45, 2.75) is 19.3 Å². The van der Waals surface area contributed by atoms with E-state index in [-0.39, 0.29) is 16.8 Å². The molecule has 1 aromatic heterocycles. The number of rotatable bonds is 5. The number of aryl methyl sites for hydroxylation is 1. The number of thiocarbonyl (C=S) groups is 1. The van der Waals surface area contributed by atoms with Crippen molar-refractivity contribution in [1.82, 2.24) is 9.78 Å². The fourth-order valence-electron chi connectivity index (χ4n) is 2.23. The van der Waals surface area contributed by atoms with E-state index in [9.17, 15) is 4.79 Å². The molecule has 0 aliphatic carbocycles. The fourth-order valence-corrected chi connectivity index (χ4v) is 2.38. The first kappa shape index (κ1) is 15.2. The minimum Gasteiger partial charge on any atom is -0.389 e. The van der Waals surface area contributed by atoms with E-state index in [0.717, 1.165) is 5.56 Å². The van der Waals surface area contributed by atoms with Crippen LogP contribution in [0.5, 0.6) is 0 Å². The number of anilines is 1. The third kappa shape index (κ3) is 3.28. The van der Waals surface area contributed by atoms with E-state index in [4.69, 9.17) is 18.0 Å². The molecule has 0 saturated carbocycles. The molecular formula is C15H18N4OS. The van der Waals surface area contributed by atoms with Crippen LogP contribution in [0.15, 0.2) is 36.5 Å². The summed E-state index contributed by atoms with van der Waals surface area (Å²) in [6, 6.07) is 9.68. The number of nitrogens with one attached hydrogen (secondary N) is 1. The van der Waals surface area contributed by atoms with Crippen molar-refractivity contribution < 1.29 is 4.79 Å². The van der Waals surface area contributed by atoms with Crippen molar-refractivity contribution >= 4 is 28.9 Å². The van der Waals surface area contributed by atoms with Crippen molar-refractivity contribution in [1.29, 1.82) is 0 Å². The monoisotopic (exact) mass is 302 g/mol. The number of benzene rings is 1. The average molecular weight is 302 g/mol. The lowest BCUT2D eigenvalue weighted by Crippen LogP contribution is -2.24. The molecule has 0 aliphatic heterocycles. The molecule has 1 amide bonds. The smallest absolute Gasteiger partial charge is 0.233 e. The highest BCUT2D eigenvalue weighted by Crippen LogP contribution is 2.22. The van der Waals surface area contributed by atoms with Crippen LogP contribution >= 0.6 is 12.2 Å². The standard InChI is InChI=1S/C15H18N4OS/c1-3-11(10-7-5-4-6-8-10)15(20)18-14-12(13(16)21)9-17-19(14)2/h4-9,11H,3H2,1-2H3,(H2,16,21)(H,18,20). The number of hydrogen-bond donors (Lipinski definition) is 2. The first-order chi connectivity index (χ1) is 10.0. The second-order valence-electron chi connectivity index (χ2n) is 4.76. The van der Waals surface area contributed by atoms with Gasteiger partial charge in [-0.1, -0.05) is 49.5 Å². The maximum atomic E-state index is 12.5. The summed E-state index contributed by atoms with van der Waals surface area (Å²) in [7, 11) is 1.74. The molecule has 21 heavy (non-hydrogen) atoms. The summed E-state index contributed by atoms with van der Waals surface area (Å²) in [5.41, 5.74) is 7.21. The maximum absolute atomic E-state index is 12.5. The van der Waals surface area contributed by atoms with Crippen LogP contribution in [0.2, 0.25) is 0 Å². The molecule has 0 saturated heterocycles. The third-order valence-electron chi connectivity index (χ3n) is 3.37. The Kier molecular flexibility index (Phi) is 4.70. The van der Waals surface area contributed by atoms with Gasteiger partial charge in [0, 0.05) is 7.05 Å². The minimum absolute atomic E-state index is 0.0928. The highest BCUT2D eigenvalue weighted by Gasteiger charge is 2.21. The van der Waals surface area contributed by atoms with Gasteiger partial charge in [-0.2, -0.15) is 5.10 Å². The summed E-state index contributed by atoms with van der Waals surface area (Å²) in [4.78, 5) is 12.7. The van der Waals surface area contributed by atoms with Crippen LogP contribution in [0.3, 0.4) is 0 Å². The first-order valence-corrected chi connectivity index (χ1v) is 7.13. The molecule has 110 valence electrons. The van der Waals surface area contributed by atoms with Gasteiger partial charge >= 0.3 is 0 Å². The van der Waals surface area contributed by atoms with Crippen molar-refractivity contribution in [2.75, 3.05) is 5.32 Å². The summed E-state index contributed by atoms with van der Waals surface area (Å²) in [6.45, 7) is 1.98. The zero-order chi connectivity index (χ0) is 15.4. The van der Waals surface area contributed by atoms with Gasteiger partial charge in [0.15, 0.2) is 0 Å². The molecule has 1 atom stereocenters. The van der Waals surface area contributed by atoms with Gasteiger partial charge in [-0.15, -0.1) is 0 Å². The fraction of sp³-hybridized carbons (Fsp3) is 0.267. The lowest BCUT2D eigenvalue weighted by atomic mass is 9.95. The molecule has 6 heteroatoms. The zero-order valence-electron chi connectivity index (χ0n) is 12.0. The van der Waals surface area contributed by atoms with Crippen molar-refractivity contribution in [3.63, 3.8) is 0 Å². The molecular weight excluding hydrogens is 284 g/mol. The van der Waals surface area contributed by atoms with Crippen molar-refractivity contribution in [3.05, 3.63) is 47.7 Å². The van der Waals surface area contributed by atoms with Gasteiger partial charge in [0.2, 0.25) is 5.91 Å². The SMILES string of the molecule is CCC(C(=O)Nc1c(C(N)=S)cnn1C)c1ccccc1. The molecule has 1 unspecified atom stereocenters. The number of carbonyl (C=O) groups excluding carboxylic acids is 1. The predicted molar refractivity (Wildman–Crippen MR) is 87.2 cm³/mol. The average Bonchev–Trinajstić information content (AvgIpc) is 2.82. The van der Waals surface area contributed by atoms with E-state index < -0.39 is 0 Å². The molecule has 0 radical (unpaired) electrons. The topological polar surface area (TPSA) is 72.9 Å². The molecule has 0 bridgehead atoms. The Balaban J connectivity index is 2.25. The van der Waals surface area contributed by atoms with Crippen LogP contribution < -0.4 is 11.1 Å². The van der Waals surface area contributed by atoms with Crippen LogP contribution in [0, 0.1) is 0 Å². The lowest BCUT2D eigenvalue weighted by molar-refractivity contribution is -0.117. The van der Waals surface area contributed by atoms with E-state index >= 15 is 0 Å². The summed E-state index contributed by atoms with van der Waals surface area (Å²) >= 11 is 4.98. The molecule has 2 rings (SSSR count). The van der Waals surface area contributed by atoms with Crippen LogP contribution in [0.4, 0.5) is 5.82 Å². The highest BCUT2D eigenvalue weighted by atomic mass is 32.1. The normalized spacial score (nSPS) is 11.9. The largest absolute Gasteiger partial charge is 0.389 e. The minimum atomic E-state index is -0.222. The highest BCUT2D eigenvalue weighted by molar-refractivity contribution is 7.80. The van der Waals surface area contributed by atoms with Gasteiger partial charge in [0.05, 0.1) is 17.7 Å². The van der Waals surface area contributed by atoms with Gasteiger partial charge in [-0.3, -0.25) is 9.48 Å². The number of amides is 1. The lowest BCUT2D eigenvalue weighted by Gasteiger charge is -2.16. The van der Waals surface area contributed by atoms with Crippen LogP contribution in [-0.4, -0.2) is 20.7 Å². The molecule has 3 N–H and O–H groups in total. The number of nitrogens with two attached hydrogens (primary N) is 1. The van der Waals surface area contributed by atoms with Gasteiger partial charge in [0.25, 0.3) is 0 Å². The van der Waals surface area contributed by atoms with Crippen LogP contribution in [0.25, 0.3) is 0 Å². The van der Waals surface area contributed by atoms with Crippen molar-refractivity contribution in [3.8, 4) is 0 Å². The van der Waals surface area contributed by atoms with E-state index in [1.54, 1.807) is 17.9 Å². The number of aromatic nitrogens is 2. The van der Waals surface area contributed by atoms with Gasteiger partial charge < -0.3 is 11.1 Å². The van der Waals surface area contributed by atoms with Gasteiger partial charge in [-0.05, 0) is 12.0 Å². The number of nitrogens with zero attached hydrogens (tertiary/aromatic N) is 2. The maximum Gasteiger partial charge on any atom is 0.233 e. The Bertz CT molecular complexity index is 651. The van der Waals surface area contributed by atoms with E-state index in [1.807, 2.05) is 37.3 Å². The van der Waals surface area contributed by atoms with Crippen LogP contribution in [-0.2, 0) is 11.8 Å². The van der Waals surface area contributed by atoms with Gasteiger partial charge in [0.1, 0.15) is 10.8 Å².